The van der Waals surface area contributed by atoms with Gasteiger partial charge >= 0.3 is 0 Å². The topological polar surface area (TPSA) is 58.1 Å². The van der Waals surface area contributed by atoms with Gasteiger partial charge in [0, 0.05) is 18.8 Å². The molecule has 1 saturated heterocycles. The molecular formula is C17H19FN4O. The van der Waals surface area contributed by atoms with Gasteiger partial charge in [0.25, 0.3) is 5.91 Å². The first-order chi connectivity index (χ1) is 11.2. The van der Waals surface area contributed by atoms with Gasteiger partial charge in [0.2, 0.25) is 0 Å². The van der Waals surface area contributed by atoms with Crippen molar-refractivity contribution in [1.82, 2.24) is 15.1 Å². The van der Waals surface area contributed by atoms with E-state index in [2.05, 4.69) is 15.5 Å². The highest BCUT2D eigenvalue weighted by molar-refractivity contribution is 5.92. The van der Waals surface area contributed by atoms with Gasteiger partial charge in [0.15, 0.2) is 11.5 Å². The lowest BCUT2D eigenvalue weighted by Gasteiger charge is -2.19. The molecule has 23 heavy (non-hydrogen) atoms. The number of aromatic nitrogens is 2. The van der Waals surface area contributed by atoms with Gasteiger partial charge in [-0.3, -0.25) is 4.79 Å². The monoisotopic (exact) mass is 314 g/mol. The predicted molar refractivity (Wildman–Crippen MR) is 86.1 cm³/mol. The third kappa shape index (κ3) is 4.03. The molecule has 1 fully saturated rings. The van der Waals surface area contributed by atoms with E-state index in [-0.39, 0.29) is 11.7 Å². The molecule has 1 aromatic carbocycles. The lowest BCUT2D eigenvalue weighted by atomic mass is 10.2. The highest BCUT2D eigenvalue weighted by Gasteiger charge is 2.18. The number of nitrogens with one attached hydrogen (secondary N) is 1. The van der Waals surface area contributed by atoms with Crippen LogP contribution in [0.4, 0.5) is 15.9 Å². The summed E-state index contributed by atoms with van der Waals surface area (Å²) in [6.07, 6.45) is 4.43. The first-order valence-corrected chi connectivity index (χ1v) is 7.88. The van der Waals surface area contributed by atoms with Crippen LogP contribution >= 0.6 is 0 Å². The zero-order chi connectivity index (χ0) is 16.1. The van der Waals surface area contributed by atoms with Crippen LogP contribution in [0.25, 0.3) is 0 Å². The van der Waals surface area contributed by atoms with E-state index in [0.717, 1.165) is 25.9 Å². The van der Waals surface area contributed by atoms with E-state index >= 15 is 0 Å². The van der Waals surface area contributed by atoms with Crippen LogP contribution in [-0.4, -0.2) is 34.1 Å². The Morgan fingerprint density at radius 2 is 1.83 bits per heavy atom. The minimum atomic E-state index is -0.323. The van der Waals surface area contributed by atoms with Crippen molar-refractivity contribution in [2.45, 2.75) is 25.7 Å². The SMILES string of the molecule is O=C(c1ccc(Nc2cccc(F)c2)nn1)N1CCCCCC1. The third-order valence-corrected chi connectivity index (χ3v) is 3.87. The van der Waals surface area contributed by atoms with Crippen LogP contribution in [0, 0.1) is 5.82 Å². The lowest BCUT2D eigenvalue weighted by Crippen LogP contribution is -2.32. The Kier molecular flexibility index (Phi) is 4.80. The van der Waals surface area contributed by atoms with E-state index in [0.29, 0.717) is 17.2 Å². The fraction of sp³-hybridized carbons (Fsp3) is 0.353. The Labute approximate surface area is 134 Å². The average molecular weight is 314 g/mol. The lowest BCUT2D eigenvalue weighted by molar-refractivity contribution is 0.0754. The molecule has 0 unspecified atom stereocenters. The number of halogens is 1. The van der Waals surface area contributed by atoms with Crippen molar-refractivity contribution in [3.8, 4) is 0 Å². The van der Waals surface area contributed by atoms with E-state index in [9.17, 15) is 9.18 Å². The first kappa shape index (κ1) is 15.4. The van der Waals surface area contributed by atoms with Crippen molar-refractivity contribution >= 4 is 17.4 Å². The van der Waals surface area contributed by atoms with Crippen molar-refractivity contribution in [1.29, 1.82) is 0 Å². The zero-order valence-electron chi connectivity index (χ0n) is 12.8. The summed E-state index contributed by atoms with van der Waals surface area (Å²) in [5.41, 5.74) is 0.933. The number of amides is 1. The summed E-state index contributed by atoms with van der Waals surface area (Å²) in [4.78, 5) is 14.3. The van der Waals surface area contributed by atoms with E-state index in [4.69, 9.17) is 0 Å². The van der Waals surface area contributed by atoms with Crippen molar-refractivity contribution in [3.05, 3.63) is 47.9 Å². The van der Waals surface area contributed by atoms with Crippen molar-refractivity contribution in [2.24, 2.45) is 0 Å². The molecule has 1 N–H and O–H groups in total. The van der Waals surface area contributed by atoms with Crippen molar-refractivity contribution in [3.63, 3.8) is 0 Å². The molecule has 6 heteroatoms. The Morgan fingerprint density at radius 3 is 2.48 bits per heavy atom. The van der Waals surface area contributed by atoms with E-state index in [1.165, 1.54) is 25.0 Å². The van der Waals surface area contributed by atoms with Crippen LogP contribution < -0.4 is 5.32 Å². The largest absolute Gasteiger partial charge is 0.339 e. The molecule has 5 nitrogen and oxygen atoms in total. The van der Waals surface area contributed by atoms with Gasteiger partial charge in [-0.05, 0) is 43.2 Å². The van der Waals surface area contributed by atoms with Gasteiger partial charge in [-0.1, -0.05) is 18.9 Å². The third-order valence-electron chi connectivity index (χ3n) is 3.87. The maximum atomic E-state index is 13.2. The second-order valence-corrected chi connectivity index (χ2v) is 5.65. The number of benzene rings is 1. The summed E-state index contributed by atoms with van der Waals surface area (Å²) in [6, 6.07) is 9.44. The molecule has 2 aromatic rings. The van der Waals surface area contributed by atoms with Crippen LogP contribution in [0.5, 0.6) is 0 Å². The smallest absolute Gasteiger partial charge is 0.274 e. The summed E-state index contributed by atoms with van der Waals surface area (Å²) in [5, 5.41) is 11.0. The van der Waals surface area contributed by atoms with Crippen LogP contribution in [0.15, 0.2) is 36.4 Å². The summed E-state index contributed by atoms with van der Waals surface area (Å²) in [7, 11) is 0. The summed E-state index contributed by atoms with van der Waals surface area (Å²) in [6.45, 7) is 1.56. The molecule has 0 saturated carbocycles. The maximum Gasteiger partial charge on any atom is 0.274 e. The van der Waals surface area contributed by atoms with Gasteiger partial charge in [-0.15, -0.1) is 10.2 Å². The Hall–Kier alpha value is -2.50. The minimum Gasteiger partial charge on any atom is -0.339 e. The minimum absolute atomic E-state index is 0.0725. The van der Waals surface area contributed by atoms with Crippen molar-refractivity contribution in [2.75, 3.05) is 18.4 Å². The number of anilines is 2. The van der Waals surface area contributed by atoms with E-state index in [1.54, 1.807) is 24.3 Å². The molecule has 0 atom stereocenters. The van der Waals surface area contributed by atoms with Gasteiger partial charge in [-0.2, -0.15) is 0 Å². The molecule has 120 valence electrons. The number of carbonyl (C=O) groups excluding carboxylic acids is 1. The second kappa shape index (κ2) is 7.17. The van der Waals surface area contributed by atoms with Gasteiger partial charge in [0.1, 0.15) is 5.82 Å². The molecule has 0 radical (unpaired) electrons. The molecule has 2 heterocycles. The number of hydrogen-bond acceptors (Lipinski definition) is 4. The molecule has 0 spiro atoms. The number of rotatable bonds is 3. The Bertz CT molecular complexity index is 667. The van der Waals surface area contributed by atoms with Crippen molar-refractivity contribution < 1.29 is 9.18 Å². The van der Waals surface area contributed by atoms with Gasteiger partial charge in [-0.25, -0.2) is 4.39 Å². The summed E-state index contributed by atoms with van der Waals surface area (Å²) in [5.74, 6) is 0.0793. The van der Waals surface area contributed by atoms with Crippen LogP contribution in [-0.2, 0) is 0 Å². The van der Waals surface area contributed by atoms with Crippen LogP contribution in [0.3, 0.4) is 0 Å². The highest BCUT2D eigenvalue weighted by Crippen LogP contribution is 2.16. The second-order valence-electron chi connectivity index (χ2n) is 5.65. The maximum absolute atomic E-state index is 13.2. The molecular weight excluding hydrogens is 295 g/mol. The fourth-order valence-corrected chi connectivity index (χ4v) is 2.66. The predicted octanol–water partition coefficient (Wildman–Crippen LogP) is 3.38. The van der Waals surface area contributed by atoms with Gasteiger partial charge in [0.05, 0.1) is 0 Å². The summed E-state index contributed by atoms with van der Waals surface area (Å²) < 4.78 is 13.2. The molecule has 1 amide bonds. The normalized spacial score (nSPS) is 15.1. The Morgan fingerprint density at radius 1 is 1.04 bits per heavy atom. The molecule has 0 bridgehead atoms. The summed E-state index contributed by atoms with van der Waals surface area (Å²) >= 11 is 0. The number of nitrogens with zero attached hydrogens (tertiary/aromatic N) is 3. The first-order valence-electron chi connectivity index (χ1n) is 7.88. The molecule has 3 rings (SSSR count). The van der Waals surface area contributed by atoms with E-state index in [1.807, 2.05) is 4.90 Å². The number of likely N-dealkylation sites (tertiary alicyclic amines) is 1. The van der Waals surface area contributed by atoms with Gasteiger partial charge < -0.3 is 10.2 Å². The fourth-order valence-electron chi connectivity index (χ4n) is 2.66. The van der Waals surface area contributed by atoms with Crippen LogP contribution in [0.2, 0.25) is 0 Å². The number of hydrogen-bond donors (Lipinski definition) is 1. The molecule has 0 aliphatic carbocycles. The zero-order valence-corrected chi connectivity index (χ0v) is 12.8. The molecule has 1 aliphatic rings. The Balaban J connectivity index is 1.67. The molecule has 1 aromatic heterocycles. The number of carbonyl (C=O) groups is 1. The standard InChI is InChI=1S/C17H19FN4O/c18-13-6-5-7-14(12-13)19-16-9-8-15(20-21-16)17(23)22-10-3-1-2-4-11-22/h5-9,12H,1-4,10-11H2,(H,19,21). The van der Waals surface area contributed by atoms with Crippen LogP contribution in [0.1, 0.15) is 36.2 Å². The quantitative estimate of drug-likeness (QED) is 0.943. The molecule has 1 aliphatic heterocycles. The van der Waals surface area contributed by atoms with E-state index < -0.39 is 0 Å². The highest BCUT2D eigenvalue weighted by atomic mass is 19.1. The average Bonchev–Trinajstić information content (AvgIpc) is 2.84.